The zero-order chi connectivity index (χ0) is 10.8. The van der Waals surface area contributed by atoms with Gasteiger partial charge < -0.3 is 5.73 Å². The lowest BCUT2D eigenvalue weighted by Crippen LogP contribution is -2.21. The first-order valence-electron chi connectivity index (χ1n) is 4.22. The quantitative estimate of drug-likeness (QED) is 0.810. The van der Waals surface area contributed by atoms with Gasteiger partial charge in [0.1, 0.15) is 6.54 Å². The Morgan fingerprint density at radius 2 is 2.14 bits per heavy atom. The standard InChI is InChI=1S/C8H12F3N3/c1-6-4-7(2-3-12)14(13-6)5-8(9,10)11/h4H,2-3,5,12H2,1H3. The van der Waals surface area contributed by atoms with Crippen molar-refractivity contribution < 1.29 is 13.2 Å². The van der Waals surface area contributed by atoms with E-state index >= 15 is 0 Å². The number of hydrogen-bond acceptors (Lipinski definition) is 2. The molecule has 0 aliphatic carbocycles. The Hall–Kier alpha value is -1.04. The summed E-state index contributed by atoms with van der Waals surface area (Å²) in [5, 5.41) is 3.76. The zero-order valence-electron chi connectivity index (χ0n) is 7.80. The predicted octanol–water partition coefficient (Wildman–Crippen LogP) is 1.26. The van der Waals surface area contributed by atoms with Crippen molar-refractivity contribution in [1.82, 2.24) is 9.78 Å². The van der Waals surface area contributed by atoms with Crippen LogP contribution in [0.1, 0.15) is 11.4 Å². The minimum absolute atomic E-state index is 0.322. The van der Waals surface area contributed by atoms with Gasteiger partial charge in [0.25, 0.3) is 0 Å². The third-order valence-corrected chi connectivity index (χ3v) is 1.72. The van der Waals surface area contributed by atoms with Crippen molar-refractivity contribution >= 4 is 0 Å². The van der Waals surface area contributed by atoms with Crippen LogP contribution in [0.25, 0.3) is 0 Å². The molecule has 0 spiro atoms. The number of nitrogens with two attached hydrogens (primary N) is 1. The number of hydrogen-bond donors (Lipinski definition) is 1. The van der Waals surface area contributed by atoms with E-state index in [1.54, 1.807) is 13.0 Å². The molecule has 0 saturated carbocycles. The molecule has 0 unspecified atom stereocenters. The molecule has 1 aromatic heterocycles. The first-order valence-corrected chi connectivity index (χ1v) is 4.22. The van der Waals surface area contributed by atoms with E-state index < -0.39 is 12.7 Å². The Kier molecular flexibility index (Phi) is 3.15. The first-order chi connectivity index (χ1) is 6.42. The van der Waals surface area contributed by atoms with Gasteiger partial charge in [-0.3, -0.25) is 4.68 Å². The van der Waals surface area contributed by atoms with Crippen LogP contribution in [0.4, 0.5) is 13.2 Å². The summed E-state index contributed by atoms with van der Waals surface area (Å²) < 4.78 is 37.2. The number of halogens is 3. The predicted molar refractivity (Wildman–Crippen MR) is 45.8 cm³/mol. The largest absolute Gasteiger partial charge is 0.408 e. The van der Waals surface area contributed by atoms with E-state index in [2.05, 4.69) is 5.10 Å². The highest BCUT2D eigenvalue weighted by molar-refractivity contribution is 5.09. The van der Waals surface area contributed by atoms with E-state index in [0.717, 1.165) is 4.68 Å². The highest BCUT2D eigenvalue weighted by Gasteiger charge is 2.29. The van der Waals surface area contributed by atoms with Crippen molar-refractivity contribution in [1.29, 1.82) is 0 Å². The zero-order valence-corrected chi connectivity index (χ0v) is 7.80. The van der Waals surface area contributed by atoms with E-state index in [0.29, 0.717) is 24.4 Å². The molecule has 0 aliphatic rings. The van der Waals surface area contributed by atoms with Crippen molar-refractivity contribution in [3.63, 3.8) is 0 Å². The topological polar surface area (TPSA) is 43.8 Å². The molecule has 0 fully saturated rings. The van der Waals surface area contributed by atoms with Crippen LogP contribution < -0.4 is 5.73 Å². The summed E-state index contributed by atoms with van der Waals surface area (Å²) >= 11 is 0. The Bertz CT molecular complexity index is 303. The number of aryl methyl sites for hydroxylation is 1. The molecule has 0 aromatic carbocycles. The first kappa shape index (κ1) is 11.0. The van der Waals surface area contributed by atoms with Crippen LogP contribution in [0, 0.1) is 6.92 Å². The van der Waals surface area contributed by atoms with Gasteiger partial charge in [0.2, 0.25) is 0 Å². The van der Waals surface area contributed by atoms with E-state index in [-0.39, 0.29) is 0 Å². The second-order valence-electron chi connectivity index (χ2n) is 3.09. The molecule has 0 amide bonds. The third kappa shape index (κ3) is 3.02. The van der Waals surface area contributed by atoms with Gasteiger partial charge in [0, 0.05) is 12.1 Å². The van der Waals surface area contributed by atoms with Gasteiger partial charge in [0.05, 0.1) is 5.69 Å². The number of rotatable bonds is 3. The SMILES string of the molecule is Cc1cc(CCN)n(CC(F)(F)F)n1. The lowest BCUT2D eigenvalue weighted by molar-refractivity contribution is -0.143. The molecule has 0 bridgehead atoms. The average Bonchev–Trinajstić information content (AvgIpc) is 2.28. The van der Waals surface area contributed by atoms with Crippen LogP contribution >= 0.6 is 0 Å². The van der Waals surface area contributed by atoms with Crippen molar-refractivity contribution in [3.05, 3.63) is 17.5 Å². The summed E-state index contributed by atoms with van der Waals surface area (Å²) in [6.07, 6.45) is -3.82. The van der Waals surface area contributed by atoms with E-state index in [1.165, 1.54) is 0 Å². The van der Waals surface area contributed by atoms with Gasteiger partial charge in [-0.15, -0.1) is 0 Å². The Morgan fingerprint density at radius 3 is 2.64 bits per heavy atom. The molecule has 2 N–H and O–H groups in total. The molecule has 14 heavy (non-hydrogen) atoms. The molecule has 80 valence electrons. The summed E-state index contributed by atoms with van der Waals surface area (Å²) in [5.74, 6) is 0. The van der Waals surface area contributed by atoms with Crippen molar-refractivity contribution in [3.8, 4) is 0 Å². The number of aromatic nitrogens is 2. The molecule has 1 rings (SSSR count). The van der Waals surface area contributed by atoms with Crippen LogP contribution in [0.2, 0.25) is 0 Å². The van der Waals surface area contributed by atoms with Crippen LogP contribution in [0.15, 0.2) is 6.07 Å². The highest BCUT2D eigenvalue weighted by atomic mass is 19.4. The number of nitrogens with zero attached hydrogens (tertiary/aromatic N) is 2. The van der Waals surface area contributed by atoms with Gasteiger partial charge in [-0.25, -0.2) is 0 Å². The molecule has 1 heterocycles. The van der Waals surface area contributed by atoms with E-state index in [4.69, 9.17) is 5.73 Å². The Labute approximate surface area is 79.7 Å². The van der Waals surface area contributed by atoms with Gasteiger partial charge in [-0.2, -0.15) is 18.3 Å². The van der Waals surface area contributed by atoms with Gasteiger partial charge in [-0.05, 0) is 19.5 Å². The van der Waals surface area contributed by atoms with Crippen LogP contribution in [-0.2, 0) is 13.0 Å². The average molecular weight is 207 g/mol. The molecular weight excluding hydrogens is 195 g/mol. The highest BCUT2D eigenvalue weighted by Crippen LogP contribution is 2.18. The van der Waals surface area contributed by atoms with E-state index in [9.17, 15) is 13.2 Å². The fraction of sp³-hybridized carbons (Fsp3) is 0.625. The summed E-state index contributed by atoms with van der Waals surface area (Å²) in [6.45, 7) is 0.937. The van der Waals surface area contributed by atoms with Gasteiger partial charge >= 0.3 is 6.18 Å². The molecule has 0 radical (unpaired) electrons. The van der Waals surface area contributed by atoms with Crippen LogP contribution in [0.3, 0.4) is 0 Å². The fourth-order valence-electron chi connectivity index (χ4n) is 1.25. The Balaban J connectivity index is 2.84. The van der Waals surface area contributed by atoms with Crippen molar-refractivity contribution in [2.24, 2.45) is 5.73 Å². The monoisotopic (exact) mass is 207 g/mol. The molecule has 0 saturated heterocycles. The molecule has 3 nitrogen and oxygen atoms in total. The summed E-state index contributed by atoms with van der Waals surface area (Å²) in [6, 6.07) is 1.62. The second kappa shape index (κ2) is 4.00. The minimum Gasteiger partial charge on any atom is -0.330 e. The van der Waals surface area contributed by atoms with E-state index in [1.807, 2.05) is 0 Å². The van der Waals surface area contributed by atoms with Crippen LogP contribution in [-0.4, -0.2) is 22.5 Å². The molecular formula is C8H12F3N3. The smallest absolute Gasteiger partial charge is 0.330 e. The molecule has 0 aliphatic heterocycles. The van der Waals surface area contributed by atoms with Gasteiger partial charge in [-0.1, -0.05) is 0 Å². The number of alkyl halides is 3. The second-order valence-corrected chi connectivity index (χ2v) is 3.09. The molecule has 1 aromatic rings. The maximum absolute atomic E-state index is 12.1. The maximum atomic E-state index is 12.1. The molecule has 0 atom stereocenters. The lowest BCUT2D eigenvalue weighted by atomic mass is 10.3. The summed E-state index contributed by atoms with van der Waals surface area (Å²) in [7, 11) is 0. The minimum atomic E-state index is -4.23. The Morgan fingerprint density at radius 1 is 1.50 bits per heavy atom. The van der Waals surface area contributed by atoms with Crippen molar-refractivity contribution in [2.75, 3.05) is 6.54 Å². The fourth-order valence-corrected chi connectivity index (χ4v) is 1.25. The summed E-state index contributed by atoms with van der Waals surface area (Å²) in [4.78, 5) is 0. The van der Waals surface area contributed by atoms with Gasteiger partial charge in [0.15, 0.2) is 0 Å². The lowest BCUT2D eigenvalue weighted by Gasteiger charge is -2.09. The normalized spacial score (nSPS) is 12.1. The summed E-state index contributed by atoms with van der Waals surface area (Å²) in [5.41, 5.74) is 6.39. The maximum Gasteiger partial charge on any atom is 0.408 e. The van der Waals surface area contributed by atoms with Crippen LogP contribution in [0.5, 0.6) is 0 Å². The molecule has 6 heteroatoms. The van der Waals surface area contributed by atoms with Crippen molar-refractivity contribution in [2.45, 2.75) is 26.1 Å². The third-order valence-electron chi connectivity index (χ3n) is 1.72.